The molecule has 4 nitrogen and oxygen atoms in total. The van der Waals surface area contributed by atoms with Crippen molar-refractivity contribution in [3.8, 4) is 0 Å². The van der Waals surface area contributed by atoms with E-state index in [1.165, 1.54) is 29.8 Å². The maximum absolute atomic E-state index is 6.33. The van der Waals surface area contributed by atoms with Gasteiger partial charge in [0.1, 0.15) is 0 Å². The first-order valence-electron chi connectivity index (χ1n) is 8.55. The average molecular weight is 373 g/mol. The third kappa shape index (κ3) is 3.62. The summed E-state index contributed by atoms with van der Waals surface area (Å²) in [5, 5.41) is 6.34. The second kappa shape index (κ2) is 6.89. The number of aromatic nitrogens is 1. The largest absolute Gasteiger partial charge is 0.344 e. The molecule has 0 amide bonds. The van der Waals surface area contributed by atoms with Crippen LogP contribution in [0.5, 0.6) is 0 Å². The van der Waals surface area contributed by atoms with Gasteiger partial charge in [0.2, 0.25) is 0 Å². The SMILES string of the molecule is Cc1cc(C2=NNC(=NC3CC3)SC2)c(C)n1Cc1ccccc1Cl. The van der Waals surface area contributed by atoms with Crippen LogP contribution in [0, 0.1) is 13.8 Å². The molecule has 6 heteroatoms. The number of thioether (sulfide) groups is 1. The summed E-state index contributed by atoms with van der Waals surface area (Å²) in [6.07, 6.45) is 2.43. The predicted molar refractivity (Wildman–Crippen MR) is 107 cm³/mol. The van der Waals surface area contributed by atoms with Gasteiger partial charge in [-0.3, -0.25) is 10.4 Å². The Kier molecular flexibility index (Phi) is 4.61. The number of hydrogen-bond acceptors (Lipinski definition) is 3. The lowest BCUT2D eigenvalue weighted by Gasteiger charge is -2.15. The third-order valence-corrected chi connectivity index (χ3v) is 5.91. The zero-order chi connectivity index (χ0) is 17.4. The van der Waals surface area contributed by atoms with Gasteiger partial charge in [0.25, 0.3) is 0 Å². The van der Waals surface area contributed by atoms with Gasteiger partial charge >= 0.3 is 0 Å². The van der Waals surface area contributed by atoms with Crippen LogP contribution < -0.4 is 5.43 Å². The molecular formula is C19H21ClN4S. The van der Waals surface area contributed by atoms with E-state index in [2.05, 4.69) is 46.1 Å². The Morgan fingerprint density at radius 2 is 2.12 bits per heavy atom. The van der Waals surface area contributed by atoms with Crippen molar-refractivity contribution >= 4 is 34.2 Å². The summed E-state index contributed by atoms with van der Waals surface area (Å²) in [6, 6.07) is 10.8. The Morgan fingerprint density at radius 3 is 2.80 bits per heavy atom. The van der Waals surface area contributed by atoms with E-state index in [1.807, 2.05) is 18.2 Å². The molecular weight excluding hydrogens is 352 g/mol. The van der Waals surface area contributed by atoms with Crippen LogP contribution in [0.25, 0.3) is 0 Å². The second-order valence-electron chi connectivity index (χ2n) is 6.59. The summed E-state index contributed by atoms with van der Waals surface area (Å²) in [7, 11) is 0. The van der Waals surface area contributed by atoms with Crippen molar-refractivity contribution < 1.29 is 0 Å². The van der Waals surface area contributed by atoms with Crippen molar-refractivity contribution in [2.45, 2.75) is 39.3 Å². The Labute approximate surface area is 157 Å². The number of hydrogen-bond donors (Lipinski definition) is 1. The Morgan fingerprint density at radius 1 is 1.32 bits per heavy atom. The molecule has 0 bridgehead atoms. The molecule has 0 radical (unpaired) electrons. The van der Waals surface area contributed by atoms with Gasteiger partial charge in [0.05, 0.1) is 11.8 Å². The van der Waals surface area contributed by atoms with Gasteiger partial charge in [-0.1, -0.05) is 41.6 Å². The van der Waals surface area contributed by atoms with Crippen molar-refractivity contribution in [1.82, 2.24) is 9.99 Å². The normalized spacial score (nSPS) is 19.0. The van der Waals surface area contributed by atoms with Gasteiger partial charge < -0.3 is 4.57 Å². The van der Waals surface area contributed by atoms with Crippen molar-refractivity contribution in [1.29, 1.82) is 0 Å². The molecule has 0 saturated heterocycles. The van der Waals surface area contributed by atoms with Crippen molar-refractivity contribution in [2.75, 3.05) is 5.75 Å². The zero-order valence-electron chi connectivity index (χ0n) is 14.4. The molecule has 2 heterocycles. The molecule has 2 aliphatic rings. The van der Waals surface area contributed by atoms with Gasteiger partial charge in [-0.25, -0.2) is 0 Å². The summed E-state index contributed by atoms with van der Waals surface area (Å²) in [6.45, 7) is 5.07. The first-order chi connectivity index (χ1) is 12.1. The van der Waals surface area contributed by atoms with Crippen LogP contribution in [-0.4, -0.2) is 27.2 Å². The lowest BCUT2D eigenvalue weighted by atomic mass is 10.1. The maximum atomic E-state index is 6.33. The highest BCUT2D eigenvalue weighted by Crippen LogP contribution is 2.27. The standard InChI is InChI=1S/C19H21ClN4S/c1-12-9-16(18-11-25-19(23-22-18)21-15-7-8-15)13(2)24(12)10-14-5-3-4-6-17(14)20/h3-6,9,15H,7-8,10-11H2,1-2H3,(H,21,23). The molecule has 1 fully saturated rings. The van der Waals surface area contributed by atoms with Crippen molar-refractivity contribution in [2.24, 2.45) is 10.1 Å². The number of rotatable bonds is 4. The minimum atomic E-state index is 0.521. The molecule has 2 aromatic rings. The Hall–Kier alpha value is -1.72. The molecule has 4 rings (SSSR count). The monoisotopic (exact) mass is 372 g/mol. The van der Waals surface area contributed by atoms with E-state index in [4.69, 9.17) is 11.6 Å². The van der Waals surface area contributed by atoms with Crippen LogP contribution in [0.1, 0.15) is 35.4 Å². The van der Waals surface area contributed by atoms with Crippen LogP contribution in [-0.2, 0) is 6.54 Å². The minimum Gasteiger partial charge on any atom is -0.344 e. The van der Waals surface area contributed by atoms with Crippen LogP contribution >= 0.6 is 23.4 Å². The van der Waals surface area contributed by atoms with Crippen LogP contribution in [0.2, 0.25) is 5.02 Å². The first-order valence-corrected chi connectivity index (χ1v) is 9.92. The number of nitrogens with one attached hydrogen (secondary N) is 1. The van der Waals surface area contributed by atoms with Crippen molar-refractivity contribution in [3.63, 3.8) is 0 Å². The number of benzene rings is 1. The number of hydrazone groups is 1. The molecule has 1 aromatic carbocycles. The van der Waals surface area contributed by atoms with Gasteiger partial charge in [-0.2, -0.15) is 5.10 Å². The molecule has 1 saturated carbocycles. The topological polar surface area (TPSA) is 41.7 Å². The lowest BCUT2D eigenvalue weighted by Crippen LogP contribution is -2.26. The smallest absolute Gasteiger partial charge is 0.177 e. The maximum Gasteiger partial charge on any atom is 0.177 e. The summed E-state index contributed by atoms with van der Waals surface area (Å²) in [5.41, 5.74) is 8.99. The van der Waals surface area contributed by atoms with E-state index in [9.17, 15) is 0 Å². The molecule has 130 valence electrons. The number of aryl methyl sites for hydroxylation is 1. The molecule has 1 aliphatic carbocycles. The fourth-order valence-corrected chi connectivity index (χ4v) is 4.05. The summed E-state index contributed by atoms with van der Waals surface area (Å²) >= 11 is 8.08. The fourth-order valence-electron chi connectivity index (χ4n) is 3.02. The number of nitrogens with zero attached hydrogens (tertiary/aromatic N) is 3. The van der Waals surface area contributed by atoms with Crippen molar-refractivity contribution in [3.05, 3.63) is 57.9 Å². The molecule has 1 aliphatic heterocycles. The summed E-state index contributed by atoms with van der Waals surface area (Å²) in [5.74, 6) is 0.856. The second-order valence-corrected chi connectivity index (χ2v) is 7.96. The molecule has 0 spiro atoms. The van der Waals surface area contributed by atoms with Crippen LogP contribution in [0.15, 0.2) is 40.4 Å². The van der Waals surface area contributed by atoms with Gasteiger partial charge in [0, 0.05) is 34.3 Å². The molecule has 25 heavy (non-hydrogen) atoms. The average Bonchev–Trinajstić information content (AvgIpc) is 3.38. The fraction of sp³-hybridized carbons (Fsp3) is 0.368. The Balaban J connectivity index is 1.58. The van der Waals surface area contributed by atoms with E-state index in [-0.39, 0.29) is 0 Å². The quantitative estimate of drug-likeness (QED) is 0.866. The van der Waals surface area contributed by atoms with E-state index in [0.717, 1.165) is 33.8 Å². The highest BCUT2D eigenvalue weighted by molar-refractivity contribution is 8.14. The van der Waals surface area contributed by atoms with E-state index in [0.29, 0.717) is 6.04 Å². The van der Waals surface area contributed by atoms with Gasteiger partial charge in [-0.15, -0.1) is 0 Å². The summed E-state index contributed by atoms with van der Waals surface area (Å²) in [4.78, 5) is 4.63. The zero-order valence-corrected chi connectivity index (χ0v) is 16.0. The highest BCUT2D eigenvalue weighted by Gasteiger charge is 2.23. The van der Waals surface area contributed by atoms with Crippen LogP contribution in [0.3, 0.4) is 0 Å². The predicted octanol–water partition coefficient (Wildman–Crippen LogP) is 4.37. The Bertz CT molecular complexity index is 864. The van der Waals surface area contributed by atoms with Crippen LogP contribution in [0.4, 0.5) is 0 Å². The number of aliphatic imine (C=N–C) groups is 1. The minimum absolute atomic E-state index is 0.521. The molecule has 0 unspecified atom stereocenters. The summed E-state index contributed by atoms with van der Waals surface area (Å²) < 4.78 is 2.30. The van der Waals surface area contributed by atoms with E-state index in [1.54, 1.807) is 11.8 Å². The molecule has 1 aromatic heterocycles. The number of halogens is 1. The van der Waals surface area contributed by atoms with Gasteiger partial charge in [0.15, 0.2) is 5.17 Å². The number of amidine groups is 1. The molecule has 1 N–H and O–H groups in total. The van der Waals surface area contributed by atoms with E-state index < -0.39 is 0 Å². The highest BCUT2D eigenvalue weighted by atomic mass is 35.5. The van der Waals surface area contributed by atoms with E-state index >= 15 is 0 Å². The lowest BCUT2D eigenvalue weighted by molar-refractivity contribution is 0.749. The molecule has 0 atom stereocenters. The third-order valence-electron chi connectivity index (χ3n) is 4.65. The van der Waals surface area contributed by atoms with Gasteiger partial charge in [-0.05, 0) is 44.4 Å². The first kappa shape index (κ1) is 16.7.